The van der Waals surface area contributed by atoms with Gasteiger partial charge in [-0.25, -0.2) is 9.80 Å². The van der Waals surface area contributed by atoms with Crippen LogP contribution in [-0.4, -0.2) is 22.7 Å². The van der Waals surface area contributed by atoms with E-state index in [1.807, 2.05) is 0 Å². The number of carbonyl (C=O) groups is 3. The van der Waals surface area contributed by atoms with Crippen LogP contribution in [0.1, 0.15) is 0 Å². The van der Waals surface area contributed by atoms with Gasteiger partial charge in [-0.15, -0.1) is 0 Å². The molecule has 22 heavy (non-hydrogen) atoms. The topological polar surface area (TPSA) is 57.7 Å². The first-order valence-electron chi connectivity index (χ1n) is 6.48. The van der Waals surface area contributed by atoms with E-state index in [1.165, 1.54) is 0 Å². The summed E-state index contributed by atoms with van der Waals surface area (Å²) in [7, 11) is 0. The SMILES string of the molecule is O=C1C(=O)N(c2ccccc2)C(=S)N(c2ccccc2)C1=O. The molecule has 0 atom stereocenters. The second-order valence-corrected chi connectivity index (χ2v) is 4.93. The zero-order valence-electron chi connectivity index (χ0n) is 11.3. The van der Waals surface area contributed by atoms with E-state index in [0.717, 1.165) is 9.80 Å². The molecule has 1 heterocycles. The first kappa shape index (κ1) is 14.1. The van der Waals surface area contributed by atoms with Crippen LogP contribution in [0.5, 0.6) is 0 Å². The summed E-state index contributed by atoms with van der Waals surface area (Å²) in [5.74, 6) is -2.98. The Morgan fingerprint density at radius 1 is 0.636 bits per heavy atom. The van der Waals surface area contributed by atoms with Crippen molar-refractivity contribution in [3.8, 4) is 0 Å². The molecule has 0 saturated carbocycles. The Hall–Kier alpha value is -2.86. The summed E-state index contributed by atoms with van der Waals surface area (Å²) in [6, 6.07) is 17.0. The first-order chi connectivity index (χ1) is 10.6. The number of thiocarbonyl (C=S) groups is 1. The maximum atomic E-state index is 12.2. The van der Waals surface area contributed by atoms with Crippen molar-refractivity contribution in [3.05, 3.63) is 60.7 Å². The molecule has 2 aromatic carbocycles. The molecule has 1 aliphatic rings. The van der Waals surface area contributed by atoms with Crippen LogP contribution in [0.4, 0.5) is 11.4 Å². The van der Waals surface area contributed by atoms with Crippen LogP contribution < -0.4 is 9.80 Å². The zero-order chi connectivity index (χ0) is 15.7. The number of amides is 2. The molecule has 6 heteroatoms. The fraction of sp³-hybridized carbons (Fsp3) is 0. The standard InChI is InChI=1S/C16H10N2O3S/c19-13-14(20)17(11-7-3-1-4-8-11)16(22)18(15(13)21)12-9-5-2-6-10-12/h1-10H. The smallest absolute Gasteiger partial charge is 0.277 e. The second kappa shape index (κ2) is 5.50. The van der Waals surface area contributed by atoms with Gasteiger partial charge in [0.25, 0.3) is 0 Å². The Kier molecular flexibility index (Phi) is 3.52. The predicted molar refractivity (Wildman–Crippen MR) is 85.5 cm³/mol. The van der Waals surface area contributed by atoms with Crippen molar-refractivity contribution in [1.82, 2.24) is 0 Å². The molecule has 2 amide bonds. The number of carbonyl (C=O) groups excluding carboxylic acids is 3. The van der Waals surface area contributed by atoms with E-state index < -0.39 is 17.6 Å². The average Bonchev–Trinajstić information content (AvgIpc) is 2.55. The van der Waals surface area contributed by atoms with E-state index in [-0.39, 0.29) is 5.11 Å². The third kappa shape index (κ3) is 2.19. The zero-order valence-corrected chi connectivity index (χ0v) is 12.1. The molecule has 0 bridgehead atoms. The number of benzene rings is 2. The lowest BCUT2D eigenvalue weighted by Crippen LogP contribution is -2.60. The number of hydrogen-bond acceptors (Lipinski definition) is 4. The summed E-state index contributed by atoms with van der Waals surface area (Å²) in [5, 5.41) is -0.0352. The highest BCUT2D eigenvalue weighted by atomic mass is 32.1. The highest BCUT2D eigenvalue weighted by Crippen LogP contribution is 2.24. The van der Waals surface area contributed by atoms with E-state index in [4.69, 9.17) is 12.2 Å². The first-order valence-corrected chi connectivity index (χ1v) is 6.89. The molecule has 0 unspecified atom stereocenters. The molecule has 0 N–H and O–H groups in total. The predicted octanol–water partition coefficient (Wildman–Crippen LogP) is 1.92. The van der Waals surface area contributed by atoms with Gasteiger partial charge in [-0.3, -0.25) is 14.4 Å². The van der Waals surface area contributed by atoms with Crippen molar-refractivity contribution in [1.29, 1.82) is 0 Å². The van der Waals surface area contributed by atoms with Crippen molar-refractivity contribution in [2.24, 2.45) is 0 Å². The Labute approximate surface area is 131 Å². The normalized spacial score (nSPS) is 15.5. The van der Waals surface area contributed by atoms with Gasteiger partial charge in [0.1, 0.15) is 0 Å². The minimum atomic E-state index is -1.11. The number of para-hydroxylation sites is 2. The van der Waals surface area contributed by atoms with Crippen molar-refractivity contribution in [3.63, 3.8) is 0 Å². The lowest BCUT2D eigenvalue weighted by Gasteiger charge is -2.34. The van der Waals surface area contributed by atoms with Gasteiger partial charge in [0.2, 0.25) is 0 Å². The van der Waals surface area contributed by atoms with Crippen LogP contribution in [0.25, 0.3) is 0 Å². The molecular formula is C16H10N2O3S. The molecule has 0 spiro atoms. The Balaban J connectivity index is 2.09. The fourth-order valence-electron chi connectivity index (χ4n) is 2.18. The number of anilines is 2. The van der Waals surface area contributed by atoms with Crippen molar-refractivity contribution in [2.75, 3.05) is 9.80 Å². The summed E-state index contributed by atoms with van der Waals surface area (Å²) < 4.78 is 0. The minimum Gasteiger partial charge on any atom is -0.277 e. The Morgan fingerprint density at radius 3 is 1.36 bits per heavy atom. The number of hydrogen-bond donors (Lipinski definition) is 0. The monoisotopic (exact) mass is 310 g/mol. The summed E-state index contributed by atoms with van der Waals surface area (Å²) >= 11 is 5.28. The van der Waals surface area contributed by atoms with Crippen LogP contribution in [0.2, 0.25) is 0 Å². The van der Waals surface area contributed by atoms with Crippen molar-refractivity contribution < 1.29 is 14.4 Å². The van der Waals surface area contributed by atoms with E-state index in [1.54, 1.807) is 60.7 Å². The Morgan fingerprint density at radius 2 is 1.00 bits per heavy atom. The molecule has 0 aliphatic carbocycles. The molecule has 1 aliphatic heterocycles. The molecule has 0 aromatic heterocycles. The van der Waals surface area contributed by atoms with E-state index in [9.17, 15) is 14.4 Å². The van der Waals surface area contributed by atoms with E-state index >= 15 is 0 Å². The molecule has 108 valence electrons. The number of nitrogens with zero attached hydrogens (tertiary/aromatic N) is 2. The molecule has 2 aromatic rings. The molecule has 0 radical (unpaired) electrons. The highest BCUT2D eigenvalue weighted by Gasteiger charge is 2.44. The fourth-order valence-corrected chi connectivity index (χ4v) is 2.55. The van der Waals surface area contributed by atoms with Gasteiger partial charge >= 0.3 is 17.6 Å². The molecule has 3 rings (SSSR count). The van der Waals surface area contributed by atoms with Gasteiger partial charge in [-0.2, -0.15) is 0 Å². The van der Waals surface area contributed by atoms with Gasteiger partial charge in [-0.05, 0) is 36.5 Å². The molecule has 5 nitrogen and oxygen atoms in total. The molecule has 1 fully saturated rings. The van der Waals surface area contributed by atoms with Crippen LogP contribution in [-0.2, 0) is 14.4 Å². The summed E-state index contributed by atoms with van der Waals surface area (Å²) in [6.07, 6.45) is 0. The van der Waals surface area contributed by atoms with E-state index in [2.05, 4.69) is 0 Å². The molecule has 1 saturated heterocycles. The summed E-state index contributed by atoms with van der Waals surface area (Å²) in [4.78, 5) is 38.5. The van der Waals surface area contributed by atoms with Crippen LogP contribution in [0, 0.1) is 0 Å². The van der Waals surface area contributed by atoms with Crippen LogP contribution in [0.15, 0.2) is 60.7 Å². The largest absolute Gasteiger partial charge is 0.311 e. The van der Waals surface area contributed by atoms with Crippen molar-refractivity contribution >= 4 is 46.3 Å². The average molecular weight is 310 g/mol. The van der Waals surface area contributed by atoms with E-state index in [0.29, 0.717) is 11.4 Å². The number of Topliss-reactive ketones (excluding diaryl/α,β-unsaturated/α-hetero) is 1. The second-order valence-electron chi connectivity index (χ2n) is 4.56. The number of rotatable bonds is 2. The lowest BCUT2D eigenvalue weighted by molar-refractivity contribution is -0.143. The van der Waals surface area contributed by atoms with Crippen LogP contribution >= 0.6 is 12.2 Å². The molecular weight excluding hydrogens is 300 g/mol. The van der Waals surface area contributed by atoms with Crippen molar-refractivity contribution in [2.45, 2.75) is 0 Å². The maximum Gasteiger partial charge on any atom is 0.311 e. The number of ketones is 1. The highest BCUT2D eigenvalue weighted by molar-refractivity contribution is 7.81. The Bertz CT molecular complexity index is 711. The lowest BCUT2D eigenvalue weighted by atomic mass is 10.2. The third-order valence-corrected chi connectivity index (χ3v) is 3.57. The minimum absolute atomic E-state index is 0.0352. The summed E-state index contributed by atoms with van der Waals surface area (Å²) in [5.41, 5.74) is 0.888. The summed E-state index contributed by atoms with van der Waals surface area (Å²) in [6.45, 7) is 0. The van der Waals surface area contributed by atoms with Gasteiger partial charge in [0, 0.05) is 0 Å². The quantitative estimate of drug-likeness (QED) is 0.628. The van der Waals surface area contributed by atoms with Gasteiger partial charge in [-0.1, -0.05) is 36.4 Å². The van der Waals surface area contributed by atoms with Crippen LogP contribution in [0.3, 0.4) is 0 Å². The maximum absolute atomic E-state index is 12.2. The van der Waals surface area contributed by atoms with Gasteiger partial charge in [0.05, 0.1) is 11.4 Å². The van der Waals surface area contributed by atoms with Gasteiger partial charge in [0.15, 0.2) is 5.11 Å². The van der Waals surface area contributed by atoms with Gasteiger partial charge < -0.3 is 0 Å². The third-order valence-electron chi connectivity index (χ3n) is 3.21.